The maximum absolute atomic E-state index is 6.03. The molecule has 0 amide bonds. The average molecular weight is 253 g/mol. The Hall–Kier alpha value is -0.730. The first-order chi connectivity index (χ1) is 8.06. The molecule has 17 heavy (non-hydrogen) atoms. The fourth-order valence-electron chi connectivity index (χ4n) is 2.53. The predicted molar refractivity (Wildman–Crippen MR) is 74.1 cm³/mol. The number of nitrogens with zero attached hydrogens (tertiary/aromatic N) is 1. The van der Waals surface area contributed by atoms with Gasteiger partial charge in [0, 0.05) is 29.8 Å². The van der Waals surface area contributed by atoms with Gasteiger partial charge in [0.1, 0.15) is 0 Å². The van der Waals surface area contributed by atoms with E-state index in [9.17, 15) is 0 Å². The number of piperidine rings is 1. The molecule has 1 fully saturated rings. The van der Waals surface area contributed by atoms with E-state index in [4.69, 9.17) is 17.3 Å². The van der Waals surface area contributed by atoms with Gasteiger partial charge in [-0.3, -0.25) is 4.90 Å². The molecule has 2 atom stereocenters. The molecule has 1 aromatic rings. The molecule has 94 valence electrons. The van der Waals surface area contributed by atoms with Crippen LogP contribution in [0.3, 0.4) is 0 Å². The van der Waals surface area contributed by atoms with E-state index in [2.05, 4.69) is 18.7 Å². The van der Waals surface area contributed by atoms with Crippen LogP contribution in [0.1, 0.15) is 32.3 Å². The largest absolute Gasteiger partial charge is 0.398 e. The van der Waals surface area contributed by atoms with Gasteiger partial charge in [0.2, 0.25) is 0 Å². The minimum absolute atomic E-state index is 0.643. The normalized spacial score (nSPS) is 26.1. The zero-order valence-electron chi connectivity index (χ0n) is 10.6. The van der Waals surface area contributed by atoms with E-state index < -0.39 is 0 Å². The lowest BCUT2D eigenvalue weighted by molar-refractivity contribution is 0.117. The lowest BCUT2D eigenvalue weighted by atomic mass is 9.94. The second kappa shape index (κ2) is 5.28. The van der Waals surface area contributed by atoms with Crippen molar-refractivity contribution in [2.24, 2.45) is 5.92 Å². The summed E-state index contributed by atoms with van der Waals surface area (Å²) < 4.78 is 0. The second-order valence-electron chi connectivity index (χ2n) is 5.30. The molecule has 0 bridgehead atoms. The summed E-state index contributed by atoms with van der Waals surface area (Å²) in [5.74, 6) is 0.784. The van der Waals surface area contributed by atoms with Crippen LogP contribution in [-0.2, 0) is 6.54 Å². The highest BCUT2D eigenvalue weighted by Gasteiger charge is 2.23. The monoisotopic (exact) mass is 252 g/mol. The van der Waals surface area contributed by atoms with E-state index in [1.165, 1.54) is 12.8 Å². The van der Waals surface area contributed by atoms with Crippen molar-refractivity contribution in [1.29, 1.82) is 0 Å². The second-order valence-corrected chi connectivity index (χ2v) is 5.74. The van der Waals surface area contributed by atoms with Gasteiger partial charge in [0.25, 0.3) is 0 Å². The molecule has 2 nitrogen and oxygen atoms in total. The van der Waals surface area contributed by atoms with E-state index in [-0.39, 0.29) is 0 Å². The molecule has 0 saturated carbocycles. The van der Waals surface area contributed by atoms with Crippen LogP contribution < -0.4 is 5.73 Å². The number of nitrogens with two attached hydrogens (primary N) is 1. The van der Waals surface area contributed by atoms with Crippen molar-refractivity contribution in [3.63, 3.8) is 0 Å². The summed E-state index contributed by atoms with van der Waals surface area (Å²) in [5.41, 5.74) is 8.00. The van der Waals surface area contributed by atoms with Crippen LogP contribution in [0.15, 0.2) is 18.2 Å². The van der Waals surface area contributed by atoms with Gasteiger partial charge >= 0.3 is 0 Å². The Labute approximate surface area is 109 Å². The number of anilines is 1. The third-order valence-electron chi connectivity index (χ3n) is 3.73. The van der Waals surface area contributed by atoms with Crippen LogP contribution in [0.25, 0.3) is 0 Å². The SMILES string of the molecule is CC1CCC(C)N(Cc2cc(Cl)ccc2N)C1. The molecule has 0 spiro atoms. The van der Waals surface area contributed by atoms with Gasteiger partial charge < -0.3 is 5.73 Å². The summed E-state index contributed by atoms with van der Waals surface area (Å²) in [6, 6.07) is 6.38. The Bertz CT molecular complexity index is 392. The van der Waals surface area contributed by atoms with Crippen molar-refractivity contribution in [1.82, 2.24) is 4.90 Å². The van der Waals surface area contributed by atoms with Crippen LogP contribution in [-0.4, -0.2) is 17.5 Å². The molecule has 1 aliphatic heterocycles. The fraction of sp³-hybridized carbons (Fsp3) is 0.571. The minimum atomic E-state index is 0.643. The number of likely N-dealkylation sites (tertiary alicyclic amines) is 1. The van der Waals surface area contributed by atoms with E-state index in [0.29, 0.717) is 6.04 Å². The maximum Gasteiger partial charge on any atom is 0.0410 e. The molecule has 0 aliphatic carbocycles. The molecule has 1 aromatic carbocycles. The summed E-state index contributed by atoms with van der Waals surface area (Å²) in [4.78, 5) is 2.51. The van der Waals surface area contributed by atoms with Crippen molar-refractivity contribution in [3.8, 4) is 0 Å². The summed E-state index contributed by atoms with van der Waals surface area (Å²) in [6.07, 6.45) is 2.62. The van der Waals surface area contributed by atoms with E-state index in [1.807, 2.05) is 18.2 Å². The van der Waals surface area contributed by atoms with Crippen LogP contribution in [0, 0.1) is 5.92 Å². The Balaban J connectivity index is 2.11. The number of benzene rings is 1. The number of hydrogen-bond donors (Lipinski definition) is 1. The summed E-state index contributed by atoms with van der Waals surface area (Å²) >= 11 is 6.03. The molecule has 2 N–H and O–H groups in total. The quantitative estimate of drug-likeness (QED) is 0.816. The van der Waals surface area contributed by atoms with Crippen molar-refractivity contribution in [2.75, 3.05) is 12.3 Å². The highest BCUT2D eigenvalue weighted by atomic mass is 35.5. The molecule has 3 heteroatoms. The van der Waals surface area contributed by atoms with Crippen LogP contribution in [0.4, 0.5) is 5.69 Å². The summed E-state index contributed by atoms with van der Waals surface area (Å²) in [7, 11) is 0. The van der Waals surface area contributed by atoms with Crippen molar-refractivity contribution in [3.05, 3.63) is 28.8 Å². The Morgan fingerprint density at radius 2 is 2.12 bits per heavy atom. The first-order valence-corrected chi connectivity index (χ1v) is 6.72. The zero-order valence-corrected chi connectivity index (χ0v) is 11.4. The average Bonchev–Trinajstić information content (AvgIpc) is 2.28. The van der Waals surface area contributed by atoms with Gasteiger partial charge in [0.05, 0.1) is 0 Å². The molecule has 2 unspecified atom stereocenters. The third kappa shape index (κ3) is 3.14. The molecule has 2 rings (SSSR count). The first kappa shape index (κ1) is 12.7. The standard InChI is InChI=1S/C14H21ClN2/c1-10-3-4-11(2)17(8-10)9-12-7-13(15)5-6-14(12)16/h5-7,10-11H,3-4,8-9,16H2,1-2H3. The molecular formula is C14H21ClN2. The predicted octanol–water partition coefficient (Wildman–Crippen LogP) is 3.54. The van der Waals surface area contributed by atoms with Crippen molar-refractivity contribution < 1.29 is 0 Å². The van der Waals surface area contributed by atoms with Crippen molar-refractivity contribution >= 4 is 17.3 Å². The number of hydrogen-bond acceptors (Lipinski definition) is 2. The Kier molecular flexibility index (Phi) is 3.95. The summed E-state index contributed by atoms with van der Waals surface area (Å²) in [6.45, 7) is 6.69. The number of nitrogen functional groups attached to an aromatic ring is 1. The molecule has 0 aromatic heterocycles. The highest BCUT2D eigenvalue weighted by Crippen LogP contribution is 2.26. The number of rotatable bonds is 2. The third-order valence-corrected chi connectivity index (χ3v) is 3.96. The van der Waals surface area contributed by atoms with E-state index >= 15 is 0 Å². The Morgan fingerprint density at radius 3 is 2.88 bits per heavy atom. The lowest BCUT2D eigenvalue weighted by Crippen LogP contribution is -2.40. The topological polar surface area (TPSA) is 29.3 Å². The van der Waals surface area contributed by atoms with Gasteiger partial charge in [-0.2, -0.15) is 0 Å². The van der Waals surface area contributed by atoms with Crippen molar-refractivity contribution in [2.45, 2.75) is 39.3 Å². The van der Waals surface area contributed by atoms with Crippen LogP contribution in [0.5, 0.6) is 0 Å². The lowest BCUT2D eigenvalue weighted by Gasteiger charge is -2.37. The molecular weight excluding hydrogens is 232 g/mol. The Morgan fingerprint density at radius 1 is 1.35 bits per heavy atom. The van der Waals surface area contributed by atoms with Gasteiger partial charge in [-0.1, -0.05) is 18.5 Å². The fourth-order valence-corrected chi connectivity index (χ4v) is 2.72. The van der Waals surface area contributed by atoms with Gasteiger partial charge in [-0.25, -0.2) is 0 Å². The molecule has 0 radical (unpaired) electrons. The summed E-state index contributed by atoms with van der Waals surface area (Å²) in [5, 5.41) is 0.770. The first-order valence-electron chi connectivity index (χ1n) is 6.34. The molecule has 1 aliphatic rings. The van der Waals surface area contributed by atoms with Gasteiger partial charge in [-0.15, -0.1) is 0 Å². The minimum Gasteiger partial charge on any atom is -0.398 e. The van der Waals surface area contributed by atoms with Crippen LogP contribution >= 0.6 is 11.6 Å². The zero-order chi connectivity index (χ0) is 12.4. The molecule has 1 heterocycles. The van der Waals surface area contributed by atoms with Gasteiger partial charge in [0.15, 0.2) is 0 Å². The molecule has 1 saturated heterocycles. The smallest absolute Gasteiger partial charge is 0.0410 e. The number of halogens is 1. The van der Waals surface area contributed by atoms with E-state index in [0.717, 1.165) is 35.3 Å². The maximum atomic E-state index is 6.03. The van der Waals surface area contributed by atoms with E-state index in [1.54, 1.807) is 0 Å². The van der Waals surface area contributed by atoms with Crippen LogP contribution in [0.2, 0.25) is 5.02 Å². The highest BCUT2D eigenvalue weighted by molar-refractivity contribution is 6.30. The van der Waals surface area contributed by atoms with Gasteiger partial charge in [-0.05, 0) is 49.4 Å².